The smallest absolute Gasteiger partial charge is 0.180 e. The van der Waals surface area contributed by atoms with Gasteiger partial charge in [0, 0.05) is 19.0 Å². The second-order valence-electron chi connectivity index (χ2n) is 4.34. The molecular formula is C11H16N6O. The molecule has 3 heterocycles. The van der Waals surface area contributed by atoms with Crippen LogP contribution in [0.4, 0.5) is 11.6 Å². The SMILES string of the molecule is NNc1cn2ccnc2c(NC2CCCOC2)n1. The topological polar surface area (TPSA) is 89.5 Å². The fraction of sp³-hybridized carbons (Fsp3) is 0.455. The van der Waals surface area contributed by atoms with Gasteiger partial charge in [0.25, 0.3) is 0 Å². The van der Waals surface area contributed by atoms with Crippen LogP contribution in [0.1, 0.15) is 12.8 Å². The molecule has 7 nitrogen and oxygen atoms in total. The predicted octanol–water partition coefficient (Wildman–Crippen LogP) is 0.606. The van der Waals surface area contributed by atoms with Crippen molar-refractivity contribution in [2.45, 2.75) is 18.9 Å². The van der Waals surface area contributed by atoms with E-state index in [-0.39, 0.29) is 6.04 Å². The molecule has 0 radical (unpaired) electrons. The van der Waals surface area contributed by atoms with Gasteiger partial charge in [-0.2, -0.15) is 0 Å². The van der Waals surface area contributed by atoms with E-state index in [1.807, 2.05) is 10.6 Å². The molecule has 1 fully saturated rings. The summed E-state index contributed by atoms with van der Waals surface area (Å²) in [6.45, 7) is 1.55. The number of imidazole rings is 1. The van der Waals surface area contributed by atoms with Crippen LogP contribution in [0.25, 0.3) is 5.65 Å². The molecule has 4 N–H and O–H groups in total. The number of hydrogen-bond donors (Lipinski definition) is 3. The minimum absolute atomic E-state index is 0.278. The number of nitrogens with one attached hydrogen (secondary N) is 2. The molecule has 2 aromatic heterocycles. The Morgan fingerprint density at radius 3 is 3.22 bits per heavy atom. The third-order valence-electron chi connectivity index (χ3n) is 3.02. The predicted molar refractivity (Wildman–Crippen MR) is 68.3 cm³/mol. The average molecular weight is 248 g/mol. The van der Waals surface area contributed by atoms with Gasteiger partial charge in [-0.1, -0.05) is 0 Å². The van der Waals surface area contributed by atoms with Gasteiger partial charge >= 0.3 is 0 Å². The highest BCUT2D eigenvalue weighted by Crippen LogP contribution is 2.19. The second kappa shape index (κ2) is 4.79. The molecule has 0 amide bonds. The van der Waals surface area contributed by atoms with Crippen LogP contribution in [0.2, 0.25) is 0 Å². The van der Waals surface area contributed by atoms with Crippen LogP contribution >= 0.6 is 0 Å². The number of rotatable bonds is 3. The zero-order valence-corrected chi connectivity index (χ0v) is 9.97. The molecule has 1 aliphatic rings. The van der Waals surface area contributed by atoms with E-state index >= 15 is 0 Å². The first-order chi connectivity index (χ1) is 8.86. The summed E-state index contributed by atoms with van der Waals surface area (Å²) in [5.74, 6) is 6.74. The number of ether oxygens (including phenoxy) is 1. The van der Waals surface area contributed by atoms with E-state index in [0.29, 0.717) is 12.4 Å². The molecule has 2 aromatic rings. The van der Waals surface area contributed by atoms with Crippen molar-refractivity contribution in [2.24, 2.45) is 5.84 Å². The summed E-state index contributed by atoms with van der Waals surface area (Å²) in [4.78, 5) is 8.69. The normalized spacial score (nSPS) is 19.9. The minimum atomic E-state index is 0.278. The third-order valence-corrected chi connectivity index (χ3v) is 3.02. The Hall–Kier alpha value is -1.86. The number of aromatic nitrogens is 3. The first-order valence-corrected chi connectivity index (χ1v) is 6.01. The molecule has 7 heteroatoms. The number of anilines is 2. The van der Waals surface area contributed by atoms with Gasteiger partial charge in [-0.25, -0.2) is 15.8 Å². The molecule has 1 saturated heterocycles. The summed E-state index contributed by atoms with van der Waals surface area (Å²) in [6.07, 6.45) is 7.54. The van der Waals surface area contributed by atoms with Crippen LogP contribution in [-0.4, -0.2) is 33.6 Å². The molecular weight excluding hydrogens is 232 g/mol. The molecule has 1 atom stereocenters. The standard InChI is InChI=1S/C11H16N6O/c12-16-9-6-17-4-3-13-11(17)10(15-9)14-8-2-1-5-18-7-8/h3-4,6,8,16H,1-2,5,7,12H2,(H,14,15). The number of hydrazine groups is 1. The molecule has 1 aliphatic heterocycles. The van der Waals surface area contributed by atoms with Crippen LogP contribution < -0.4 is 16.6 Å². The second-order valence-corrected chi connectivity index (χ2v) is 4.34. The molecule has 1 unspecified atom stereocenters. The summed E-state index contributed by atoms with van der Waals surface area (Å²) in [6, 6.07) is 0.278. The molecule has 0 spiro atoms. The van der Waals surface area contributed by atoms with E-state index in [9.17, 15) is 0 Å². The zero-order valence-electron chi connectivity index (χ0n) is 9.97. The lowest BCUT2D eigenvalue weighted by Gasteiger charge is -2.23. The minimum Gasteiger partial charge on any atom is -0.379 e. The van der Waals surface area contributed by atoms with E-state index in [1.165, 1.54) is 0 Å². The Morgan fingerprint density at radius 1 is 1.50 bits per heavy atom. The first kappa shape index (κ1) is 11.2. The van der Waals surface area contributed by atoms with Gasteiger partial charge in [-0.3, -0.25) is 0 Å². The maximum atomic E-state index is 5.45. The van der Waals surface area contributed by atoms with Crippen molar-refractivity contribution >= 4 is 17.3 Å². The lowest BCUT2D eigenvalue weighted by Crippen LogP contribution is -2.30. The Labute approximate surface area is 104 Å². The average Bonchev–Trinajstić information content (AvgIpc) is 2.88. The van der Waals surface area contributed by atoms with Gasteiger partial charge < -0.3 is 19.9 Å². The Morgan fingerprint density at radius 2 is 2.44 bits per heavy atom. The van der Waals surface area contributed by atoms with E-state index in [0.717, 1.165) is 30.9 Å². The van der Waals surface area contributed by atoms with Crippen LogP contribution in [-0.2, 0) is 4.74 Å². The zero-order chi connectivity index (χ0) is 12.4. The molecule has 96 valence electrons. The Balaban J connectivity index is 1.91. The molecule has 3 rings (SSSR count). The van der Waals surface area contributed by atoms with E-state index in [4.69, 9.17) is 10.6 Å². The van der Waals surface area contributed by atoms with E-state index in [1.54, 1.807) is 12.4 Å². The van der Waals surface area contributed by atoms with Gasteiger partial charge in [0.15, 0.2) is 17.3 Å². The summed E-state index contributed by atoms with van der Waals surface area (Å²) >= 11 is 0. The highest BCUT2D eigenvalue weighted by molar-refractivity contribution is 5.65. The fourth-order valence-electron chi connectivity index (χ4n) is 2.15. The van der Waals surface area contributed by atoms with Gasteiger partial charge in [-0.15, -0.1) is 0 Å². The third kappa shape index (κ3) is 2.09. The number of nitrogen functional groups attached to an aromatic ring is 1. The summed E-state index contributed by atoms with van der Waals surface area (Å²) in [5, 5.41) is 3.37. The number of nitrogens with two attached hydrogens (primary N) is 1. The molecule has 0 bridgehead atoms. The van der Waals surface area contributed by atoms with Crippen LogP contribution in [0.5, 0.6) is 0 Å². The van der Waals surface area contributed by atoms with Crippen LogP contribution in [0, 0.1) is 0 Å². The van der Waals surface area contributed by atoms with Crippen molar-refractivity contribution in [2.75, 3.05) is 24.0 Å². The first-order valence-electron chi connectivity index (χ1n) is 6.01. The number of nitrogens with zero attached hydrogens (tertiary/aromatic N) is 3. The number of fused-ring (bicyclic) bond motifs is 1. The van der Waals surface area contributed by atoms with Gasteiger partial charge in [0.2, 0.25) is 0 Å². The van der Waals surface area contributed by atoms with Crippen molar-refractivity contribution in [3.63, 3.8) is 0 Å². The quantitative estimate of drug-likeness (QED) is 0.544. The molecule has 0 saturated carbocycles. The Bertz CT molecular complexity index is 533. The molecule has 18 heavy (non-hydrogen) atoms. The van der Waals surface area contributed by atoms with Crippen LogP contribution in [0.15, 0.2) is 18.6 Å². The molecule has 0 aromatic carbocycles. The monoisotopic (exact) mass is 248 g/mol. The van der Waals surface area contributed by atoms with Gasteiger partial charge in [0.1, 0.15) is 0 Å². The molecule has 0 aliphatic carbocycles. The van der Waals surface area contributed by atoms with Crippen molar-refractivity contribution in [1.29, 1.82) is 0 Å². The van der Waals surface area contributed by atoms with Gasteiger partial charge in [0.05, 0.1) is 18.8 Å². The summed E-state index contributed by atoms with van der Waals surface area (Å²) in [7, 11) is 0. The highest BCUT2D eigenvalue weighted by atomic mass is 16.5. The lowest BCUT2D eigenvalue weighted by atomic mass is 10.1. The van der Waals surface area contributed by atoms with Crippen molar-refractivity contribution in [3.8, 4) is 0 Å². The summed E-state index contributed by atoms with van der Waals surface area (Å²) < 4.78 is 7.33. The largest absolute Gasteiger partial charge is 0.379 e. The van der Waals surface area contributed by atoms with Gasteiger partial charge in [-0.05, 0) is 12.8 Å². The van der Waals surface area contributed by atoms with Crippen molar-refractivity contribution in [3.05, 3.63) is 18.6 Å². The van der Waals surface area contributed by atoms with Crippen LogP contribution in [0.3, 0.4) is 0 Å². The summed E-state index contributed by atoms with van der Waals surface area (Å²) in [5.41, 5.74) is 3.35. The van der Waals surface area contributed by atoms with E-state index < -0.39 is 0 Å². The highest BCUT2D eigenvalue weighted by Gasteiger charge is 2.16. The van der Waals surface area contributed by atoms with Crippen molar-refractivity contribution in [1.82, 2.24) is 14.4 Å². The Kier molecular flexibility index (Phi) is 2.99. The maximum absolute atomic E-state index is 5.45. The number of hydrogen-bond acceptors (Lipinski definition) is 6. The van der Waals surface area contributed by atoms with E-state index in [2.05, 4.69) is 20.7 Å². The lowest BCUT2D eigenvalue weighted by molar-refractivity contribution is 0.0875. The van der Waals surface area contributed by atoms with Crippen molar-refractivity contribution < 1.29 is 4.74 Å². The fourth-order valence-corrected chi connectivity index (χ4v) is 2.15. The maximum Gasteiger partial charge on any atom is 0.180 e.